The van der Waals surface area contributed by atoms with Crippen molar-refractivity contribution in [1.82, 2.24) is 10.2 Å². The Hall–Kier alpha value is -1.42. The van der Waals surface area contributed by atoms with E-state index in [1.165, 1.54) is 5.56 Å². The molecule has 17 heavy (non-hydrogen) atoms. The van der Waals surface area contributed by atoms with Gasteiger partial charge in [-0.25, -0.2) is 0 Å². The van der Waals surface area contributed by atoms with Crippen LogP contribution in [0.2, 0.25) is 0 Å². The van der Waals surface area contributed by atoms with Gasteiger partial charge in [0.1, 0.15) is 5.82 Å². The third-order valence-electron chi connectivity index (χ3n) is 2.50. The molecule has 2 rings (SSSR count). The molecule has 0 saturated carbocycles. The van der Waals surface area contributed by atoms with E-state index in [1.807, 2.05) is 25.1 Å². The molecule has 0 amide bonds. The van der Waals surface area contributed by atoms with Gasteiger partial charge in [-0.1, -0.05) is 22.0 Å². The minimum absolute atomic E-state index is 0.809. The molecule has 1 aromatic carbocycles. The number of aryl methyl sites for hydroxylation is 1. The Balaban J connectivity index is 2.36. The second-order valence-electron chi connectivity index (χ2n) is 3.79. The van der Waals surface area contributed by atoms with Crippen LogP contribution in [-0.4, -0.2) is 16.7 Å². The molecule has 1 N–H and O–H groups in total. The Kier molecular flexibility index (Phi) is 3.74. The molecule has 0 aliphatic rings. The van der Waals surface area contributed by atoms with Crippen molar-refractivity contribution in [3.8, 4) is 11.3 Å². The zero-order valence-electron chi connectivity index (χ0n) is 9.87. The molecule has 0 fully saturated rings. The third kappa shape index (κ3) is 2.82. The third-order valence-corrected chi connectivity index (χ3v) is 2.99. The normalized spacial score (nSPS) is 10.3. The molecule has 0 radical (unpaired) electrons. The molecule has 0 aliphatic carbocycles. The van der Waals surface area contributed by atoms with Gasteiger partial charge in [0, 0.05) is 16.6 Å². The maximum absolute atomic E-state index is 4.24. The van der Waals surface area contributed by atoms with E-state index in [2.05, 4.69) is 50.5 Å². The maximum atomic E-state index is 4.24. The Morgan fingerprint density at radius 2 is 2.00 bits per heavy atom. The van der Waals surface area contributed by atoms with Crippen molar-refractivity contribution in [2.75, 3.05) is 11.9 Å². The molecule has 0 unspecified atom stereocenters. The first-order valence-corrected chi connectivity index (χ1v) is 6.34. The van der Waals surface area contributed by atoms with E-state index in [-0.39, 0.29) is 0 Å². The first-order chi connectivity index (χ1) is 8.20. The van der Waals surface area contributed by atoms with Crippen LogP contribution < -0.4 is 5.32 Å². The highest BCUT2D eigenvalue weighted by Gasteiger charge is 2.04. The molecule has 0 atom stereocenters. The average molecular weight is 292 g/mol. The van der Waals surface area contributed by atoms with Gasteiger partial charge in [-0.2, -0.15) is 0 Å². The van der Waals surface area contributed by atoms with Crippen LogP contribution in [0.3, 0.4) is 0 Å². The summed E-state index contributed by atoms with van der Waals surface area (Å²) in [5.74, 6) is 0.809. The topological polar surface area (TPSA) is 37.8 Å². The molecular weight excluding hydrogens is 278 g/mol. The summed E-state index contributed by atoms with van der Waals surface area (Å²) >= 11 is 3.47. The Labute approximate surface area is 109 Å². The first-order valence-electron chi connectivity index (χ1n) is 5.55. The highest BCUT2D eigenvalue weighted by Crippen LogP contribution is 2.25. The Bertz CT molecular complexity index is 509. The molecule has 1 aromatic heterocycles. The van der Waals surface area contributed by atoms with Gasteiger partial charge in [0.05, 0.1) is 5.69 Å². The molecule has 2 aromatic rings. The Morgan fingerprint density at radius 3 is 2.65 bits per heavy atom. The monoisotopic (exact) mass is 291 g/mol. The van der Waals surface area contributed by atoms with Crippen molar-refractivity contribution in [2.24, 2.45) is 0 Å². The quantitative estimate of drug-likeness (QED) is 0.938. The number of rotatable bonds is 3. The van der Waals surface area contributed by atoms with E-state index < -0.39 is 0 Å². The van der Waals surface area contributed by atoms with Gasteiger partial charge in [-0.05, 0) is 43.7 Å². The van der Waals surface area contributed by atoms with E-state index in [0.29, 0.717) is 0 Å². The number of hydrogen-bond acceptors (Lipinski definition) is 3. The fraction of sp³-hybridized carbons (Fsp3) is 0.231. The van der Waals surface area contributed by atoms with Gasteiger partial charge in [0.2, 0.25) is 0 Å². The van der Waals surface area contributed by atoms with Gasteiger partial charge in [0.25, 0.3) is 0 Å². The molecule has 88 valence electrons. The van der Waals surface area contributed by atoms with Crippen molar-refractivity contribution >= 4 is 21.7 Å². The van der Waals surface area contributed by atoms with Crippen LogP contribution in [0.25, 0.3) is 11.3 Å². The minimum atomic E-state index is 0.809. The number of anilines is 1. The van der Waals surface area contributed by atoms with E-state index in [0.717, 1.165) is 28.1 Å². The van der Waals surface area contributed by atoms with Crippen molar-refractivity contribution in [3.05, 3.63) is 40.4 Å². The van der Waals surface area contributed by atoms with Crippen molar-refractivity contribution < 1.29 is 0 Å². The molecule has 1 heterocycles. The molecule has 0 saturated heterocycles. The smallest absolute Gasteiger partial charge is 0.148 e. The lowest BCUT2D eigenvalue weighted by Gasteiger charge is -2.06. The van der Waals surface area contributed by atoms with Crippen LogP contribution in [0.5, 0.6) is 0 Å². The van der Waals surface area contributed by atoms with Crippen LogP contribution in [0, 0.1) is 6.92 Å². The zero-order valence-corrected chi connectivity index (χ0v) is 11.5. The van der Waals surface area contributed by atoms with Crippen LogP contribution in [0.15, 0.2) is 34.8 Å². The van der Waals surface area contributed by atoms with Gasteiger partial charge in [-0.15, -0.1) is 10.2 Å². The molecule has 0 bridgehead atoms. The van der Waals surface area contributed by atoms with E-state index in [1.54, 1.807) is 0 Å². The highest BCUT2D eigenvalue weighted by molar-refractivity contribution is 9.10. The van der Waals surface area contributed by atoms with Crippen molar-refractivity contribution in [2.45, 2.75) is 13.8 Å². The second-order valence-corrected chi connectivity index (χ2v) is 4.71. The van der Waals surface area contributed by atoms with Gasteiger partial charge in [0.15, 0.2) is 0 Å². The van der Waals surface area contributed by atoms with Crippen LogP contribution in [-0.2, 0) is 0 Å². The second kappa shape index (κ2) is 5.27. The summed E-state index contributed by atoms with van der Waals surface area (Å²) in [5.41, 5.74) is 3.19. The lowest BCUT2D eigenvalue weighted by Crippen LogP contribution is -2.00. The van der Waals surface area contributed by atoms with E-state index >= 15 is 0 Å². The predicted molar refractivity (Wildman–Crippen MR) is 74.1 cm³/mol. The summed E-state index contributed by atoms with van der Waals surface area (Å²) in [6.07, 6.45) is 0. The number of hydrogen-bond donors (Lipinski definition) is 1. The molecule has 0 spiro atoms. The molecule has 3 nitrogen and oxygen atoms in total. The van der Waals surface area contributed by atoms with Crippen molar-refractivity contribution in [1.29, 1.82) is 0 Å². The van der Waals surface area contributed by atoms with Gasteiger partial charge >= 0.3 is 0 Å². The molecular formula is C13H14BrN3. The number of nitrogens with zero attached hydrogens (tertiary/aromatic N) is 2. The lowest BCUT2D eigenvalue weighted by atomic mass is 10.1. The number of benzene rings is 1. The van der Waals surface area contributed by atoms with Crippen LogP contribution >= 0.6 is 15.9 Å². The highest BCUT2D eigenvalue weighted by atomic mass is 79.9. The first kappa shape index (κ1) is 12.0. The van der Waals surface area contributed by atoms with Crippen LogP contribution in [0.1, 0.15) is 12.5 Å². The fourth-order valence-electron chi connectivity index (χ4n) is 1.62. The standard InChI is InChI=1S/C13H14BrN3/c1-3-15-13-7-6-12(16-17-13)11-8-10(14)5-4-9(11)2/h4-8H,3H2,1-2H3,(H,15,17). The maximum Gasteiger partial charge on any atom is 0.148 e. The van der Waals surface area contributed by atoms with E-state index in [4.69, 9.17) is 0 Å². The van der Waals surface area contributed by atoms with Crippen LogP contribution in [0.4, 0.5) is 5.82 Å². The lowest BCUT2D eigenvalue weighted by molar-refractivity contribution is 1.02. The summed E-state index contributed by atoms with van der Waals surface area (Å²) < 4.78 is 1.05. The summed E-state index contributed by atoms with van der Waals surface area (Å²) in [6.45, 7) is 4.96. The number of aromatic nitrogens is 2. The largest absolute Gasteiger partial charge is 0.369 e. The SMILES string of the molecule is CCNc1ccc(-c2cc(Br)ccc2C)nn1. The van der Waals surface area contributed by atoms with Gasteiger partial charge in [-0.3, -0.25) is 0 Å². The van der Waals surface area contributed by atoms with Crippen molar-refractivity contribution in [3.63, 3.8) is 0 Å². The Morgan fingerprint density at radius 1 is 1.18 bits per heavy atom. The van der Waals surface area contributed by atoms with E-state index in [9.17, 15) is 0 Å². The fourth-order valence-corrected chi connectivity index (χ4v) is 1.98. The summed E-state index contributed by atoms with van der Waals surface area (Å²) in [4.78, 5) is 0. The molecule has 4 heteroatoms. The molecule has 0 aliphatic heterocycles. The number of nitrogens with one attached hydrogen (secondary N) is 1. The van der Waals surface area contributed by atoms with Gasteiger partial charge < -0.3 is 5.32 Å². The average Bonchev–Trinajstić information content (AvgIpc) is 2.34. The summed E-state index contributed by atoms with van der Waals surface area (Å²) in [5, 5.41) is 11.5. The summed E-state index contributed by atoms with van der Waals surface area (Å²) in [7, 11) is 0. The number of halogens is 1. The zero-order chi connectivity index (χ0) is 12.3. The predicted octanol–water partition coefficient (Wildman–Crippen LogP) is 3.65. The summed E-state index contributed by atoms with van der Waals surface area (Å²) in [6, 6.07) is 10.1. The minimum Gasteiger partial charge on any atom is -0.369 e.